The van der Waals surface area contributed by atoms with Gasteiger partial charge in [0.15, 0.2) is 0 Å². The molecule has 0 saturated carbocycles. The molecule has 1 atom stereocenters. The van der Waals surface area contributed by atoms with Gasteiger partial charge in [-0.2, -0.15) is 0 Å². The average Bonchev–Trinajstić information content (AvgIpc) is 2.46. The Hall–Kier alpha value is -1.78. The fraction of sp³-hybridized carbons (Fsp3) is 0.143. The first-order chi connectivity index (χ1) is 8.77. The van der Waals surface area contributed by atoms with Crippen molar-refractivity contribution >= 4 is 17.2 Å². The molecule has 2 rings (SSSR count). The van der Waals surface area contributed by atoms with Crippen molar-refractivity contribution < 1.29 is 5.11 Å². The Morgan fingerprint density at radius 2 is 1.89 bits per heavy atom. The van der Waals surface area contributed by atoms with Crippen LogP contribution in [-0.2, 0) is 0 Å². The van der Waals surface area contributed by atoms with Gasteiger partial charge in [0.05, 0.1) is 11.8 Å². The van der Waals surface area contributed by atoms with E-state index in [0.717, 1.165) is 5.56 Å². The summed E-state index contributed by atoms with van der Waals surface area (Å²) in [5.41, 5.74) is 1.58. The summed E-state index contributed by atoms with van der Waals surface area (Å²) in [7, 11) is 0. The van der Waals surface area contributed by atoms with Gasteiger partial charge >= 0.3 is 0 Å². The highest BCUT2D eigenvalue weighted by atomic mass is 32.1. The van der Waals surface area contributed by atoms with Crippen LogP contribution in [0.4, 0.5) is 0 Å². The second kappa shape index (κ2) is 6.23. The van der Waals surface area contributed by atoms with Gasteiger partial charge in [0.1, 0.15) is 4.99 Å². The van der Waals surface area contributed by atoms with E-state index in [1.54, 1.807) is 6.20 Å². The van der Waals surface area contributed by atoms with Gasteiger partial charge in [-0.1, -0.05) is 48.6 Å². The van der Waals surface area contributed by atoms with Crippen LogP contribution in [0.2, 0.25) is 0 Å². The lowest BCUT2D eigenvalue weighted by Gasteiger charge is -2.13. The lowest BCUT2D eigenvalue weighted by Crippen LogP contribution is -2.28. The minimum atomic E-state index is -0.576. The average molecular weight is 258 g/mol. The highest BCUT2D eigenvalue weighted by molar-refractivity contribution is 7.80. The summed E-state index contributed by atoms with van der Waals surface area (Å²) < 4.78 is 0. The standard InChI is InChI=1S/C14H14N2OS/c17-13(11-6-2-1-3-7-11)10-16-14(18)12-8-4-5-9-15-12/h1-9,13,17H,10H2,(H,16,18)/t13-/m0/s1. The molecule has 0 fully saturated rings. The smallest absolute Gasteiger partial charge is 0.125 e. The maximum atomic E-state index is 9.97. The van der Waals surface area contributed by atoms with Gasteiger partial charge in [0, 0.05) is 12.7 Å². The van der Waals surface area contributed by atoms with Crippen molar-refractivity contribution in [1.82, 2.24) is 10.3 Å². The Bertz CT molecular complexity index is 502. The van der Waals surface area contributed by atoms with Crippen molar-refractivity contribution in [2.24, 2.45) is 0 Å². The van der Waals surface area contributed by atoms with Gasteiger partial charge in [0.25, 0.3) is 0 Å². The van der Waals surface area contributed by atoms with E-state index in [4.69, 9.17) is 12.2 Å². The van der Waals surface area contributed by atoms with Crippen molar-refractivity contribution in [2.75, 3.05) is 6.54 Å². The Labute approximate surface area is 112 Å². The zero-order valence-electron chi connectivity index (χ0n) is 9.78. The van der Waals surface area contributed by atoms with E-state index in [1.807, 2.05) is 48.5 Å². The molecule has 92 valence electrons. The van der Waals surface area contributed by atoms with E-state index >= 15 is 0 Å². The van der Waals surface area contributed by atoms with E-state index in [0.29, 0.717) is 17.2 Å². The minimum Gasteiger partial charge on any atom is -0.387 e. The third kappa shape index (κ3) is 3.35. The molecule has 4 heteroatoms. The number of aliphatic hydroxyl groups is 1. The molecule has 0 bridgehead atoms. The van der Waals surface area contributed by atoms with Crippen LogP contribution in [0.15, 0.2) is 54.7 Å². The lowest BCUT2D eigenvalue weighted by atomic mass is 10.1. The summed E-state index contributed by atoms with van der Waals surface area (Å²) in [6.45, 7) is 0.374. The quantitative estimate of drug-likeness (QED) is 0.824. The summed E-state index contributed by atoms with van der Waals surface area (Å²) in [5.74, 6) is 0. The molecular formula is C14H14N2OS. The number of nitrogens with one attached hydrogen (secondary N) is 1. The van der Waals surface area contributed by atoms with E-state index < -0.39 is 6.10 Å². The molecule has 1 aromatic carbocycles. The summed E-state index contributed by atoms with van der Waals surface area (Å²) in [6, 6.07) is 15.0. The highest BCUT2D eigenvalue weighted by Crippen LogP contribution is 2.10. The van der Waals surface area contributed by atoms with Gasteiger partial charge < -0.3 is 10.4 Å². The van der Waals surface area contributed by atoms with Crippen molar-refractivity contribution in [3.63, 3.8) is 0 Å². The number of aliphatic hydroxyl groups excluding tert-OH is 1. The highest BCUT2D eigenvalue weighted by Gasteiger charge is 2.08. The van der Waals surface area contributed by atoms with E-state index in [9.17, 15) is 5.11 Å². The number of hydrogen-bond donors (Lipinski definition) is 2. The number of aromatic nitrogens is 1. The largest absolute Gasteiger partial charge is 0.387 e. The number of hydrogen-bond acceptors (Lipinski definition) is 3. The number of nitrogens with zero attached hydrogens (tertiary/aromatic N) is 1. The topological polar surface area (TPSA) is 45.1 Å². The van der Waals surface area contributed by atoms with Crippen LogP contribution < -0.4 is 5.32 Å². The first-order valence-corrected chi connectivity index (χ1v) is 6.10. The Morgan fingerprint density at radius 1 is 1.17 bits per heavy atom. The zero-order chi connectivity index (χ0) is 12.8. The predicted octanol–water partition coefficient (Wildman–Crippen LogP) is 2.08. The van der Waals surface area contributed by atoms with Crippen LogP contribution in [0, 0.1) is 0 Å². The van der Waals surface area contributed by atoms with E-state index in [-0.39, 0.29) is 0 Å². The van der Waals surface area contributed by atoms with Gasteiger partial charge in [-0.15, -0.1) is 0 Å². The number of benzene rings is 1. The molecule has 1 aromatic heterocycles. The molecule has 0 aliphatic carbocycles. The molecule has 0 aliphatic heterocycles. The van der Waals surface area contributed by atoms with Crippen LogP contribution >= 0.6 is 12.2 Å². The normalized spacial score (nSPS) is 11.8. The van der Waals surface area contributed by atoms with Gasteiger partial charge in [0.2, 0.25) is 0 Å². The fourth-order valence-corrected chi connectivity index (χ4v) is 1.77. The molecule has 0 saturated heterocycles. The molecule has 18 heavy (non-hydrogen) atoms. The Morgan fingerprint density at radius 3 is 2.56 bits per heavy atom. The van der Waals surface area contributed by atoms with Crippen LogP contribution in [-0.4, -0.2) is 21.6 Å². The van der Waals surface area contributed by atoms with E-state index in [2.05, 4.69) is 10.3 Å². The SMILES string of the molecule is O[C@@H](CNC(=S)c1ccccn1)c1ccccc1. The third-order valence-corrected chi connectivity index (χ3v) is 2.89. The monoisotopic (exact) mass is 258 g/mol. The Balaban J connectivity index is 1.91. The number of thiocarbonyl (C=S) groups is 1. The molecule has 0 spiro atoms. The van der Waals surface area contributed by atoms with E-state index in [1.165, 1.54) is 0 Å². The Kier molecular flexibility index (Phi) is 4.39. The van der Waals surface area contributed by atoms with Crippen molar-refractivity contribution in [3.05, 3.63) is 66.0 Å². The second-order valence-corrected chi connectivity index (χ2v) is 4.26. The van der Waals surface area contributed by atoms with Crippen LogP contribution in [0.3, 0.4) is 0 Å². The molecule has 3 nitrogen and oxygen atoms in total. The fourth-order valence-electron chi connectivity index (χ4n) is 1.57. The number of pyridine rings is 1. The number of rotatable bonds is 4. The zero-order valence-corrected chi connectivity index (χ0v) is 10.6. The maximum absolute atomic E-state index is 9.97. The first kappa shape index (κ1) is 12.7. The molecule has 0 aliphatic rings. The molecule has 0 radical (unpaired) electrons. The third-order valence-electron chi connectivity index (χ3n) is 2.54. The minimum absolute atomic E-state index is 0.374. The predicted molar refractivity (Wildman–Crippen MR) is 75.3 cm³/mol. The van der Waals surface area contributed by atoms with Crippen molar-refractivity contribution in [2.45, 2.75) is 6.10 Å². The summed E-state index contributed by atoms with van der Waals surface area (Å²) >= 11 is 5.20. The molecule has 0 unspecified atom stereocenters. The molecule has 0 amide bonds. The summed E-state index contributed by atoms with van der Waals surface area (Å²) in [6.07, 6.45) is 1.12. The van der Waals surface area contributed by atoms with Crippen LogP contribution in [0.5, 0.6) is 0 Å². The van der Waals surface area contributed by atoms with Crippen molar-refractivity contribution in [1.29, 1.82) is 0 Å². The van der Waals surface area contributed by atoms with Crippen LogP contribution in [0.1, 0.15) is 17.4 Å². The van der Waals surface area contributed by atoms with Crippen LogP contribution in [0.25, 0.3) is 0 Å². The maximum Gasteiger partial charge on any atom is 0.125 e. The van der Waals surface area contributed by atoms with Crippen molar-refractivity contribution in [3.8, 4) is 0 Å². The molecule has 1 heterocycles. The van der Waals surface area contributed by atoms with Gasteiger partial charge in [-0.05, 0) is 17.7 Å². The van der Waals surface area contributed by atoms with Gasteiger partial charge in [-0.3, -0.25) is 4.98 Å². The second-order valence-electron chi connectivity index (χ2n) is 3.85. The molecular weight excluding hydrogens is 244 g/mol. The first-order valence-electron chi connectivity index (χ1n) is 5.69. The summed E-state index contributed by atoms with van der Waals surface area (Å²) in [4.78, 5) is 4.69. The lowest BCUT2D eigenvalue weighted by molar-refractivity contribution is 0.181. The summed E-state index contributed by atoms with van der Waals surface area (Å²) in [5, 5.41) is 13.0. The molecule has 2 aromatic rings. The molecule has 2 N–H and O–H groups in total. The van der Waals surface area contributed by atoms with Gasteiger partial charge in [-0.25, -0.2) is 0 Å².